The topological polar surface area (TPSA) is 88.5 Å². The highest BCUT2D eigenvalue weighted by Gasteiger charge is 2.46. The number of halogens is 1. The molecule has 8 nitrogen and oxygen atoms in total. The number of rotatable bonds is 8. The van der Waals surface area contributed by atoms with Crippen LogP contribution in [0.4, 0.5) is 4.39 Å². The van der Waals surface area contributed by atoms with Crippen molar-refractivity contribution in [2.24, 2.45) is 0 Å². The fourth-order valence-electron chi connectivity index (χ4n) is 4.53. The van der Waals surface area contributed by atoms with Gasteiger partial charge in [-0.2, -0.15) is 0 Å². The van der Waals surface area contributed by atoms with Crippen LogP contribution in [0.5, 0.6) is 11.5 Å². The third kappa shape index (κ3) is 5.16. The summed E-state index contributed by atoms with van der Waals surface area (Å²) in [6, 6.07) is 9.36. The number of amides is 1. The molecule has 35 heavy (non-hydrogen) atoms. The van der Waals surface area contributed by atoms with Gasteiger partial charge < -0.3 is 24.2 Å². The Balaban J connectivity index is 1.73. The Kier molecular flexibility index (Phi) is 7.67. The zero-order valence-electron chi connectivity index (χ0n) is 19.8. The molecule has 0 bridgehead atoms. The highest BCUT2D eigenvalue weighted by Crippen LogP contribution is 2.43. The number of carbonyl (C=O) groups is 2. The van der Waals surface area contributed by atoms with Crippen molar-refractivity contribution < 1.29 is 33.3 Å². The normalized spacial score (nSPS) is 20.3. The maximum absolute atomic E-state index is 13.5. The number of likely N-dealkylation sites (tertiary alicyclic amines) is 1. The summed E-state index contributed by atoms with van der Waals surface area (Å²) in [5.74, 6) is -1.35. The zero-order valence-corrected chi connectivity index (χ0v) is 19.8. The van der Waals surface area contributed by atoms with Crippen LogP contribution in [0, 0.1) is 5.82 Å². The van der Waals surface area contributed by atoms with Crippen molar-refractivity contribution in [3.63, 3.8) is 0 Å². The quantitative estimate of drug-likeness (QED) is 0.350. The number of ether oxygens (including phenoxy) is 3. The van der Waals surface area contributed by atoms with Gasteiger partial charge in [0.15, 0.2) is 0 Å². The number of methoxy groups -OCH3 is 2. The van der Waals surface area contributed by atoms with Crippen LogP contribution >= 0.6 is 0 Å². The van der Waals surface area contributed by atoms with E-state index in [0.29, 0.717) is 43.2 Å². The van der Waals surface area contributed by atoms with Crippen LogP contribution in [-0.2, 0) is 14.3 Å². The molecular formula is C26H29FN2O6. The van der Waals surface area contributed by atoms with Crippen molar-refractivity contribution in [1.82, 2.24) is 9.80 Å². The number of carbonyl (C=O) groups excluding carboxylic acids is 2. The summed E-state index contributed by atoms with van der Waals surface area (Å²) in [6.07, 6.45) is 0.637. The molecule has 2 saturated heterocycles. The van der Waals surface area contributed by atoms with Crippen LogP contribution in [0.2, 0.25) is 0 Å². The van der Waals surface area contributed by atoms with Crippen LogP contribution in [0.25, 0.3) is 5.76 Å². The van der Waals surface area contributed by atoms with Gasteiger partial charge in [0, 0.05) is 43.4 Å². The first-order chi connectivity index (χ1) is 16.9. The number of hydrogen-bond acceptors (Lipinski definition) is 7. The number of aliphatic hydroxyl groups is 1. The molecular weight excluding hydrogens is 455 g/mol. The number of ketones is 1. The highest BCUT2D eigenvalue weighted by molar-refractivity contribution is 6.46. The average Bonchev–Trinajstić information content (AvgIpc) is 3.13. The van der Waals surface area contributed by atoms with Gasteiger partial charge in [0.2, 0.25) is 0 Å². The average molecular weight is 485 g/mol. The van der Waals surface area contributed by atoms with Crippen molar-refractivity contribution in [2.75, 3.05) is 53.6 Å². The lowest BCUT2D eigenvalue weighted by molar-refractivity contribution is -0.140. The molecule has 0 spiro atoms. The molecule has 1 atom stereocenters. The molecule has 2 aliphatic rings. The van der Waals surface area contributed by atoms with Crippen molar-refractivity contribution in [3.8, 4) is 11.5 Å². The molecule has 9 heteroatoms. The Bertz CT molecular complexity index is 1110. The summed E-state index contributed by atoms with van der Waals surface area (Å²) in [4.78, 5) is 30.1. The largest absolute Gasteiger partial charge is 0.507 e. The van der Waals surface area contributed by atoms with Crippen molar-refractivity contribution in [3.05, 3.63) is 65.0 Å². The van der Waals surface area contributed by atoms with Crippen molar-refractivity contribution in [2.45, 2.75) is 12.5 Å². The Hall–Kier alpha value is -3.43. The highest BCUT2D eigenvalue weighted by atomic mass is 19.1. The zero-order chi connectivity index (χ0) is 24.9. The second kappa shape index (κ2) is 10.9. The molecule has 1 amide bonds. The van der Waals surface area contributed by atoms with E-state index in [2.05, 4.69) is 4.90 Å². The van der Waals surface area contributed by atoms with E-state index in [1.54, 1.807) is 18.2 Å². The monoisotopic (exact) mass is 484 g/mol. The summed E-state index contributed by atoms with van der Waals surface area (Å²) in [5, 5.41) is 11.1. The molecule has 1 N–H and O–H groups in total. The van der Waals surface area contributed by atoms with Gasteiger partial charge in [-0.05, 0) is 42.8 Å². The lowest BCUT2D eigenvalue weighted by Crippen LogP contribution is -2.39. The molecule has 2 aromatic rings. The lowest BCUT2D eigenvalue weighted by atomic mass is 9.94. The maximum atomic E-state index is 13.5. The van der Waals surface area contributed by atoms with Gasteiger partial charge >= 0.3 is 0 Å². The number of aliphatic hydroxyl groups excluding tert-OH is 1. The lowest BCUT2D eigenvalue weighted by Gasteiger charge is -2.29. The summed E-state index contributed by atoms with van der Waals surface area (Å²) in [6.45, 7) is 4.04. The van der Waals surface area contributed by atoms with E-state index in [4.69, 9.17) is 14.2 Å². The van der Waals surface area contributed by atoms with E-state index in [1.165, 1.54) is 43.4 Å². The first-order valence-electron chi connectivity index (χ1n) is 11.5. The predicted molar refractivity (Wildman–Crippen MR) is 127 cm³/mol. The molecule has 2 aliphatic heterocycles. The van der Waals surface area contributed by atoms with Gasteiger partial charge in [-0.15, -0.1) is 0 Å². The van der Waals surface area contributed by atoms with Gasteiger partial charge in [0.05, 0.1) is 39.0 Å². The van der Waals surface area contributed by atoms with Crippen molar-refractivity contribution >= 4 is 17.4 Å². The number of morpholine rings is 1. The number of nitrogens with zero attached hydrogens (tertiary/aromatic N) is 2. The molecule has 0 saturated carbocycles. The number of hydrogen-bond donors (Lipinski definition) is 1. The third-order valence-corrected chi connectivity index (χ3v) is 6.37. The predicted octanol–water partition coefficient (Wildman–Crippen LogP) is 2.99. The Morgan fingerprint density at radius 3 is 2.43 bits per heavy atom. The molecule has 2 aromatic carbocycles. The summed E-state index contributed by atoms with van der Waals surface area (Å²) in [7, 11) is 3.02. The van der Waals surface area contributed by atoms with Gasteiger partial charge in [0.25, 0.3) is 11.7 Å². The van der Waals surface area contributed by atoms with Gasteiger partial charge in [0.1, 0.15) is 23.1 Å². The molecule has 2 heterocycles. The second-order valence-corrected chi connectivity index (χ2v) is 8.41. The minimum Gasteiger partial charge on any atom is -0.507 e. The van der Waals surface area contributed by atoms with E-state index in [-0.39, 0.29) is 16.9 Å². The minimum atomic E-state index is -0.870. The first-order valence-corrected chi connectivity index (χ1v) is 11.5. The Labute approximate surface area is 203 Å². The SMILES string of the molecule is COc1ccc(C2/C(=C(/O)c3ccc(F)cc3)C(=O)C(=O)N2CCCN2CCOCC2)c(OC)c1. The third-order valence-electron chi connectivity index (χ3n) is 6.37. The summed E-state index contributed by atoms with van der Waals surface area (Å²) < 4.78 is 29.7. The first kappa shape index (κ1) is 24.7. The molecule has 0 aromatic heterocycles. The molecule has 4 rings (SSSR count). The van der Waals surface area contributed by atoms with Crippen LogP contribution < -0.4 is 9.47 Å². The van der Waals surface area contributed by atoms with Gasteiger partial charge in [-0.1, -0.05) is 0 Å². The fraction of sp³-hybridized carbons (Fsp3) is 0.385. The van der Waals surface area contributed by atoms with Gasteiger partial charge in [-0.3, -0.25) is 14.5 Å². The van der Waals surface area contributed by atoms with E-state index < -0.39 is 23.5 Å². The van der Waals surface area contributed by atoms with E-state index in [9.17, 15) is 19.1 Å². The Morgan fingerprint density at radius 1 is 1.06 bits per heavy atom. The summed E-state index contributed by atoms with van der Waals surface area (Å²) in [5.41, 5.74) is 0.731. The van der Waals surface area contributed by atoms with Crippen LogP contribution in [-0.4, -0.2) is 80.2 Å². The van der Waals surface area contributed by atoms with Gasteiger partial charge in [-0.25, -0.2) is 4.39 Å². The second-order valence-electron chi connectivity index (χ2n) is 8.41. The minimum absolute atomic E-state index is 0.0588. The van der Waals surface area contributed by atoms with Crippen LogP contribution in [0.3, 0.4) is 0 Å². The van der Waals surface area contributed by atoms with E-state index in [0.717, 1.165) is 19.6 Å². The number of Topliss-reactive ketones (excluding diaryl/α,β-unsaturated/α-hetero) is 1. The molecule has 0 aliphatic carbocycles. The maximum Gasteiger partial charge on any atom is 0.295 e. The van der Waals surface area contributed by atoms with Crippen LogP contribution in [0.15, 0.2) is 48.0 Å². The van der Waals surface area contributed by atoms with Crippen LogP contribution in [0.1, 0.15) is 23.6 Å². The van der Waals surface area contributed by atoms with E-state index >= 15 is 0 Å². The molecule has 186 valence electrons. The smallest absolute Gasteiger partial charge is 0.295 e. The Morgan fingerprint density at radius 2 is 1.77 bits per heavy atom. The summed E-state index contributed by atoms with van der Waals surface area (Å²) >= 11 is 0. The van der Waals surface area contributed by atoms with Crippen molar-refractivity contribution in [1.29, 1.82) is 0 Å². The fourth-order valence-corrected chi connectivity index (χ4v) is 4.53. The number of benzene rings is 2. The van der Waals surface area contributed by atoms with E-state index in [1.807, 2.05) is 0 Å². The molecule has 2 fully saturated rings. The molecule has 1 unspecified atom stereocenters. The standard InChI is InChI=1S/C26H29FN2O6/c1-33-19-8-9-20(21(16-19)34-2)23-22(24(30)17-4-6-18(27)7-5-17)25(31)26(32)29(23)11-3-10-28-12-14-35-15-13-28/h4-9,16,23,30H,3,10-15H2,1-2H3/b24-22-. The molecule has 0 radical (unpaired) electrons.